The van der Waals surface area contributed by atoms with Crippen LogP contribution in [0.1, 0.15) is 12.5 Å². The lowest BCUT2D eigenvalue weighted by molar-refractivity contribution is -0.114. The van der Waals surface area contributed by atoms with Crippen molar-refractivity contribution in [2.75, 3.05) is 10.0 Å². The van der Waals surface area contributed by atoms with Crippen molar-refractivity contribution in [1.82, 2.24) is 4.98 Å². The Morgan fingerprint density at radius 2 is 1.76 bits per heavy atom. The van der Waals surface area contributed by atoms with Gasteiger partial charge < -0.3 is 5.32 Å². The van der Waals surface area contributed by atoms with Gasteiger partial charge in [0.05, 0.1) is 17.6 Å². The number of halogens is 2. The summed E-state index contributed by atoms with van der Waals surface area (Å²) in [5, 5.41) is 2.63. The van der Waals surface area contributed by atoms with E-state index < -0.39 is 26.6 Å². The highest BCUT2D eigenvalue weighted by atomic mass is 32.2. The number of pyridine rings is 1. The van der Waals surface area contributed by atoms with Crippen LogP contribution in [0.4, 0.5) is 20.2 Å². The van der Waals surface area contributed by atoms with E-state index in [-0.39, 0.29) is 11.6 Å². The molecule has 3 aromatic rings. The third-order valence-electron chi connectivity index (χ3n) is 4.06. The van der Waals surface area contributed by atoms with E-state index in [1.165, 1.54) is 13.1 Å². The number of carbonyl (C=O) groups excluding carboxylic acids is 1. The van der Waals surface area contributed by atoms with Crippen LogP contribution in [0.5, 0.6) is 0 Å². The topological polar surface area (TPSA) is 88.2 Å². The number of nitrogens with one attached hydrogen (secondary N) is 2. The van der Waals surface area contributed by atoms with Crippen LogP contribution in [-0.4, -0.2) is 19.3 Å². The highest BCUT2D eigenvalue weighted by Crippen LogP contribution is 2.28. The van der Waals surface area contributed by atoms with E-state index in [2.05, 4.69) is 15.0 Å². The molecule has 0 atom stereocenters. The van der Waals surface area contributed by atoms with Crippen molar-refractivity contribution in [3.05, 3.63) is 72.1 Å². The van der Waals surface area contributed by atoms with Crippen LogP contribution in [0, 0.1) is 18.6 Å². The molecule has 0 fully saturated rings. The van der Waals surface area contributed by atoms with Gasteiger partial charge in [0, 0.05) is 24.8 Å². The van der Waals surface area contributed by atoms with Crippen molar-refractivity contribution in [3.63, 3.8) is 0 Å². The number of aryl methyl sites for hydroxylation is 1. The third-order valence-corrected chi connectivity index (χ3v) is 5.46. The second kappa shape index (κ2) is 7.96. The largest absolute Gasteiger partial charge is 0.325 e. The molecule has 0 aliphatic rings. The Hall–Kier alpha value is -3.33. The van der Waals surface area contributed by atoms with Crippen molar-refractivity contribution in [3.8, 4) is 11.1 Å². The summed E-state index contributed by atoms with van der Waals surface area (Å²) in [6, 6.07) is 8.98. The number of sulfonamides is 1. The molecule has 0 radical (unpaired) electrons. The van der Waals surface area contributed by atoms with E-state index in [1.807, 2.05) is 0 Å². The lowest BCUT2D eigenvalue weighted by Crippen LogP contribution is -2.15. The molecule has 0 spiro atoms. The highest BCUT2D eigenvalue weighted by Gasteiger charge is 2.20. The minimum atomic E-state index is -4.27. The first-order chi connectivity index (χ1) is 13.7. The van der Waals surface area contributed by atoms with Gasteiger partial charge in [-0.25, -0.2) is 17.2 Å². The molecule has 1 heterocycles. The zero-order chi connectivity index (χ0) is 21.2. The van der Waals surface area contributed by atoms with Gasteiger partial charge in [-0.3, -0.25) is 14.5 Å². The first-order valence-corrected chi connectivity index (χ1v) is 9.95. The predicted molar refractivity (Wildman–Crippen MR) is 106 cm³/mol. The third kappa shape index (κ3) is 4.75. The number of benzene rings is 2. The number of rotatable bonds is 5. The normalized spacial score (nSPS) is 11.2. The summed E-state index contributed by atoms with van der Waals surface area (Å²) >= 11 is 0. The Balaban J connectivity index is 1.97. The van der Waals surface area contributed by atoms with Crippen molar-refractivity contribution in [2.45, 2.75) is 18.7 Å². The maximum Gasteiger partial charge on any atom is 0.264 e. The molecule has 29 heavy (non-hydrogen) atoms. The molecule has 1 amide bonds. The second-order valence-corrected chi connectivity index (χ2v) is 8.00. The van der Waals surface area contributed by atoms with Gasteiger partial charge in [0.1, 0.15) is 16.5 Å². The lowest BCUT2D eigenvalue weighted by Gasteiger charge is -2.13. The Morgan fingerprint density at radius 3 is 2.45 bits per heavy atom. The molecule has 6 nitrogen and oxygen atoms in total. The van der Waals surface area contributed by atoms with E-state index in [1.54, 1.807) is 37.4 Å². The first-order valence-electron chi connectivity index (χ1n) is 8.47. The number of anilines is 2. The highest BCUT2D eigenvalue weighted by molar-refractivity contribution is 7.92. The van der Waals surface area contributed by atoms with E-state index in [9.17, 15) is 22.0 Å². The fourth-order valence-electron chi connectivity index (χ4n) is 2.67. The summed E-state index contributed by atoms with van der Waals surface area (Å²) in [5.74, 6) is -2.30. The fourth-order valence-corrected chi connectivity index (χ4v) is 3.86. The van der Waals surface area contributed by atoms with Crippen LogP contribution in [-0.2, 0) is 14.8 Å². The molecule has 150 valence electrons. The molecule has 0 aliphatic heterocycles. The zero-order valence-electron chi connectivity index (χ0n) is 15.5. The molecule has 0 saturated carbocycles. The van der Waals surface area contributed by atoms with Crippen LogP contribution in [0.25, 0.3) is 11.1 Å². The van der Waals surface area contributed by atoms with Gasteiger partial charge in [0.15, 0.2) is 0 Å². The van der Waals surface area contributed by atoms with Gasteiger partial charge >= 0.3 is 0 Å². The maximum atomic E-state index is 13.9. The minimum Gasteiger partial charge on any atom is -0.325 e. The lowest BCUT2D eigenvalue weighted by atomic mass is 10.0. The fraction of sp³-hybridized carbons (Fsp3) is 0.100. The standard InChI is InChI=1S/C20H17F2N3O3S/c1-12-3-4-14(15-7-17(11-23-10-15)24-13(2)26)8-19(12)25-29(27,28)20-6-5-16(21)9-18(20)22/h3-11,25H,1-2H3,(H,24,26). The van der Waals surface area contributed by atoms with Crippen LogP contribution in [0.3, 0.4) is 0 Å². The Labute approximate surface area is 166 Å². The predicted octanol–water partition coefficient (Wildman–Crippen LogP) is 4.09. The summed E-state index contributed by atoms with van der Waals surface area (Å²) in [6.45, 7) is 3.06. The molecule has 2 N–H and O–H groups in total. The van der Waals surface area contributed by atoms with Gasteiger partial charge in [0.2, 0.25) is 5.91 Å². The number of hydrogen-bond donors (Lipinski definition) is 2. The molecule has 0 bridgehead atoms. The van der Waals surface area contributed by atoms with Gasteiger partial charge in [0.25, 0.3) is 10.0 Å². The summed E-state index contributed by atoms with van der Waals surface area (Å²) in [4.78, 5) is 14.6. The number of hydrogen-bond acceptors (Lipinski definition) is 4. The Kier molecular flexibility index (Phi) is 5.60. The van der Waals surface area contributed by atoms with Crippen molar-refractivity contribution in [1.29, 1.82) is 0 Å². The van der Waals surface area contributed by atoms with Crippen molar-refractivity contribution < 1.29 is 22.0 Å². The van der Waals surface area contributed by atoms with Crippen LogP contribution in [0.15, 0.2) is 59.8 Å². The average Bonchev–Trinajstić information content (AvgIpc) is 2.62. The van der Waals surface area contributed by atoms with Gasteiger partial charge in [-0.05, 0) is 42.3 Å². The molecule has 0 unspecified atom stereocenters. The molecule has 3 rings (SSSR count). The minimum absolute atomic E-state index is 0.233. The Morgan fingerprint density at radius 1 is 1.00 bits per heavy atom. The molecular formula is C20H17F2N3O3S. The molecule has 0 saturated heterocycles. The smallest absolute Gasteiger partial charge is 0.264 e. The molecule has 1 aromatic heterocycles. The van der Waals surface area contributed by atoms with Gasteiger partial charge in [-0.2, -0.15) is 0 Å². The van der Waals surface area contributed by atoms with Gasteiger partial charge in [-0.15, -0.1) is 0 Å². The average molecular weight is 417 g/mol. The number of amides is 1. The molecular weight excluding hydrogens is 400 g/mol. The number of aromatic nitrogens is 1. The number of carbonyl (C=O) groups is 1. The first kappa shape index (κ1) is 20.4. The van der Waals surface area contributed by atoms with E-state index in [4.69, 9.17) is 0 Å². The summed E-state index contributed by atoms with van der Waals surface area (Å²) in [6.07, 6.45) is 3.05. The SMILES string of the molecule is CC(=O)Nc1cncc(-c2ccc(C)c(NS(=O)(=O)c3ccc(F)cc3F)c2)c1. The zero-order valence-corrected chi connectivity index (χ0v) is 16.3. The Bertz CT molecular complexity index is 1200. The summed E-state index contributed by atoms with van der Waals surface area (Å²) in [5.41, 5.74) is 2.60. The quantitative estimate of drug-likeness (QED) is 0.654. The molecule has 0 aliphatic carbocycles. The molecule has 9 heteroatoms. The molecule has 2 aromatic carbocycles. The van der Waals surface area contributed by atoms with Crippen molar-refractivity contribution in [2.24, 2.45) is 0 Å². The van der Waals surface area contributed by atoms with Gasteiger partial charge in [-0.1, -0.05) is 12.1 Å². The van der Waals surface area contributed by atoms with E-state index >= 15 is 0 Å². The summed E-state index contributed by atoms with van der Waals surface area (Å²) in [7, 11) is -4.27. The van der Waals surface area contributed by atoms with E-state index in [0.29, 0.717) is 28.4 Å². The monoisotopic (exact) mass is 417 g/mol. The number of nitrogens with zero attached hydrogens (tertiary/aromatic N) is 1. The van der Waals surface area contributed by atoms with E-state index in [0.717, 1.165) is 12.1 Å². The van der Waals surface area contributed by atoms with Crippen LogP contribution < -0.4 is 10.0 Å². The van der Waals surface area contributed by atoms with Crippen LogP contribution in [0.2, 0.25) is 0 Å². The maximum absolute atomic E-state index is 13.9. The second-order valence-electron chi connectivity index (χ2n) is 6.35. The van der Waals surface area contributed by atoms with Crippen LogP contribution >= 0.6 is 0 Å². The van der Waals surface area contributed by atoms with Crippen molar-refractivity contribution >= 4 is 27.3 Å². The summed E-state index contributed by atoms with van der Waals surface area (Å²) < 4.78 is 54.5.